The maximum Gasteiger partial charge on any atom is 0.335 e. The highest BCUT2D eigenvalue weighted by atomic mass is 16.4. The van der Waals surface area contributed by atoms with Crippen molar-refractivity contribution in [3.63, 3.8) is 0 Å². The van der Waals surface area contributed by atoms with E-state index < -0.39 is 5.97 Å². The van der Waals surface area contributed by atoms with Crippen LogP contribution in [0.2, 0.25) is 0 Å². The van der Waals surface area contributed by atoms with Gasteiger partial charge in [0.05, 0.1) is 5.56 Å². The zero-order chi connectivity index (χ0) is 17.1. The second-order valence-electron chi connectivity index (χ2n) is 5.63. The van der Waals surface area contributed by atoms with Crippen molar-refractivity contribution in [2.75, 3.05) is 0 Å². The van der Waals surface area contributed by atoms with Gasteiger partial charge in [0.1, 0.15) is 0 Å². The molecule has 0 aliphatic rings. The van der Waals surface area contributed by atoms with Gasteiger partial charge in [-0.1, -0.05) is 42.5 Å². The van der Waals surface area contributed by atoms with E-state index in [9.17, 15) is 9.90 Å². The summed E-state index contributed by atoms with van der Waals surface area (Å²) in [5.74, 6) is -0.919. The third kappa shape index (κ3) is 2.88. The Morgan fingerprint density at radius 2 is 1.79 bits per heavy atom. The second kappa shape index (κ2) is 6.59. The molecule has 0 aliphatic carbocycles. The van der Waals surface area contributed by atoms with Crippen molar-refractivity contribution >= 4 is 12.0 Å². The van der Waals surface area contributed by atoms with Gasteiger partial charge in [-0.05, 0) is 49.8 Å². The molecule has 24 heavy (non-hydrogen) atoms. The lowest BCUT2D eigenvalue weighted by atomic mass is 10.1. The van der Waals surface area contributed by atoms with Crippen molar-refractivity contribution in [1.29, 1.82) is 0 Å². The maximum absolute atomic E-state index is 11.3. The summed E-state index contributed by atoms with van der Waals surface area (Å²) in [6.45, 7) is 4.03. The maximum atomic E-state index is 11.3. The lowest BCUT2D eigenvalue weighted by Crippen LogP contribution is -2.02. The first kappa shape index (κ1) is 15.8. The molecule has 0 fully saturated rings. The van der Waals surface area contributed by atoms with E-state index in [1.807, 2.05) is 43.3 Å². The number of allylic oxidation sites excluding steroid dienone is 1. The van der Waals surface area contributed by atoms with Gasteiger partial charge in [0.2, 0.25) is 0 Å². The molecule has 0 aliphatic heterocycles. The van der Waals surface area contributed by atoms with Gasteiger partial charge >= 0.3 is 5.97 Å². The molecule has 0 unspecified atom stereocenters. The van der Waals surface area contributed by atoms with Crippen LogP contribution in [0.25, 0.3) is 22.9 Å². The van der Waals surface area contributed by atoms with Crippen molar-refractivity contribution in [2.45, 2.75) is 13.8 Å². The lowest BCUT2D eigenvalue weighted by Gasteiger charge is -2.11. The molecule has 0 bridgehead atoms. The minimum atomic E-state index is -0.919. The topological polar surface area (TPSA) is 42.2 Å². The van der Waals surface area contributed by atoms with E-state index >= 15 is 0 Å². The van der Waals surface area contributed by atoms with Crippen LogP contribution in [0, 0.1) is 6.92 Å². The predicted octanol–water partition coefficient (Wildman–Crippen LogP) is 5.18. The molecule has 0 atom stereocenters. The van der Waals surface area contributed by atoms with E-state index in [0.29, 0.717) is 0 Å². The number of rotatable bonds is 4. The molecule has 1 aromatic heterocycles. The SMILES string of the molecule is C/C=C/c1cc(-c2ccccc2)c(C)n1-c1cccc(C(=O)O)c1. The predicted molar refractivity (Wildman–Crippen MR) is 97.6 cm³/mol. The molecule has 1 N–H and O–H groups in total. The molecule has 3 aromatic rings. The third-order valence-corrected chi connectivity index (χ3v) is 4.05. The highest BCUT2D eigenvalue weighted by molar-refractivity contribution is 5.88. The first-order chi connectivity index (χ1) is 11.6. The summed E-state index contributed by atoms with van der Waals surface area (Å²) >= 11 is 0. The highest BCUT2D eigenvalue weighted by Gasteiger charge is 2.14. The van der Waals surface area contributed by atoms with E-state index in [4.69, 9.17) is 0 Å². The molecular formula is C21H19NO2. The van der Waals surface area contributed by atoms with Crippen LogP contribution in [0.1, 0.15) is 28.7 Å². The van der Waals surface area contributed by atoms with E-state index in [2.05, 4.69) is 29.7 Å². The van der Waals surface area contributed by atoms with Crippen molar-refractivity contribution < 1.29 is 9.90 Å². The lowest BCUT2D eigenvalue weighted by molar-refractivity contribution is 0.0697. The Labute approximate surface area is 141 Å². The average Bonchev–Trinajstić information content (AvgIpc) is 2.92. The Bertz CT molecular complexity index is 905. The Kier molecular flexibility index (Phi) is 4.34. The first-order valence-electron chi connectivity index (χ1n) is 7.86. The average molecular weight is 317 g/mol. The monoisotopic (exact) mass is 317 g/mol. The van der Waals surface area contributed by atoms with E-state index in [0.717, 1.165) is 28.2 Å². The molecule has 3 nitrogen and oxygen atoms in total. The number of hydrogen-bond acceptors (Lipinski definition) is 1. The Morgan fingerprint density at radius 3 is 2.46 bits per heavy atom. The van der Waals surface area contributed by atoms with Gasteiger partial charge in [0.25, 0.3) is 0 Å². The number of aromatic nitrogens is 1. The van der Waals surface area contributed by atoms with Gasteiger partial charge in [0.15, 0.2) is 0 Å². The minimum absolute atomic E-state index is 0.285. The van der Waals surface area contributed by atoms with Crippen LogP contribution in [0.3, 0.4) is 0 Å². The fourth-order valence-electron chi connectivity index (χ4n) is 2.96. The Morgan fingerprint density at radius 1 is 1.04 bits per heavy atom. The fourth-order valence-corrected chi connectivity index (χ4v) is 2.96. The number of aromatic carboxylic acids is 1. The van der Waals surface area contributed by atoms with Crippen molar-refractivity contribution in [3.05, 3.63) is 83.7 Å². The minimum Gasteiger partial charge on any atom is -0.478 e. The zero-order valence-corrected chi connectivity index (χ0v) is 13.7. The molecule has 0 saturated carbocycles. The summed E-state index contributed by atoms with van der Waals surface area (Å²) in [6, 6.07) is 19.4. The summed E-state index contributed by atoms with van der Waals surface area (Å²) in [5.41, 5.74) is 5.53. The van der Waals surface area contributed by atoms with Gasteiger partial charge in [-0.3, -0.25) is 0 Å². The van der Waals surface area contributed by atoms with E-state index in [1.54, 1.807) is 18.2 Å². The largest absolute Gasteiger partial charge is 0.478 e. The number of carboxylic acids is 1. The molecule has 0 saturated heterocycles. The van der Waals surface area contributed by atoms with Gasteiger partial charge < -0.3 is 9.67 Å². The number of carbonyl (C=O) groups is 1. The number of hydrogen-bond donors (Lipinski definition) is 1. The molecule has 3 rings (SSSR count). The number of nitrogens with zero attached hydrogens (tertiary/aromatic N) is 1. The van der Waals surface area contributed by atoms with Crippen molar-refractivity contribution in [3.8, 4) is 16.8 Å². The zero-order valence-electron chi connectivity index (χ0n) is 13.7. The summed E-state index contributed by atoms with van der Waals surface area (Å²) in [4.78, 5) is 11.3. The van der Waals surface area contributed by atoms with Crippen LogP contribution in [0.5, 0.6) is 0 Å². The molecule has 3 heteroatoms. The van der Waals surface area contributed by atoms with E-state index in [1.165, 1.54) is 0 Å². The molecular weight excluding hydrogens is 298 g/mol. The van der Waals surface area contributed by atoms with E-state index in [-0.39, 0.29) is 5.56 Å². The smallest absolute Gasteiger partial charge is 0.335 e. The van der Waals surface area contributed by atoms with Crippen LogP contribution in [0.15, 0.2) is 66.7 Å². The first-order valence-corrected chi connectivity index (χ1v) is 7.86. The summed E-state index contributed by atoms with van der Waals surface area (Å²) in [5, 5.41) is 9.26. The molecule has 2 aromatic carbocycles. The van der Waals surface area contributed by atoms with Crippen LogP contribution in [-0.2, 0) is 0 Å². The fraction of sp³-hybridized carbons (Fsp3) is 0.0952. The van der Waals surface area contributed by atoms with Gasteiger partial charge in [0, 0.05) is 22.6 Å². The van der Waals surface area contributed by atoms with Crippen molar-refractivity contribution in [1.82, 2.24) is 4.57 Å². The summed E-state index contributed by atoms with van der Waals surface area (Å²) in [7, 11) is 0. The molecule has 0 radical (unpaired) electrons. The van der Waals surface area contributed by atoms with Gasteiger partial charge in [-0.25, -0.2) is 4.79 Å². The quantitative estimate of drug-likeness (QED) is 0.720. The highest BCUT2D eigenvalue weighted by Crippen LogP contribution is 2.30. The number of carboxylic acid groups (broad SMARTS) is 1. The van der Waals surface area contributed by atoms with Crippen LogP contribution < -0.4 is 0 Å². The summed E-state index contributed by atoms with van der Waals surface area (Å²) in [6.07, 6.45) is 4.02. The summed E-state index contributed by atoms with van der Waals surface area (Å²) < 4.78 is 2.09. The Balaban J connectivity index is 2.22. The molecule has 120 valence electrons. The normalized spacial score (nSPS) is 11.1. The number of benzene rings is 2. The van der Waals surface area contributed by atoms with Crippen LogP contribution in [0.4, 0.5) is 0 Å². The Hall–Kier alpha value is -3.07. The van der Waals surface area contributed by atoms with Gasteiger partial charge in [-0.2, -0.15) is 0 Å². The van der Waals surface area contributed by atoms with Crippen LogP contribution >= 0.6 is 0 Å². The second-order valence-corrected chi connectivity index (χ2v) is 5.63. The van der Waals surface area contributed by atoms with Crippen LogP contribution in [-0.4, -0.2) is 15.6 Å². The molecule has 0 amide bonds. The standard InChI is InChI=1S/C21H19NO2/c1-3-8-18-14-20(16-9-5-4-6-10-16)15(2)22(18)19-12-7-11-17(13-19)21(23)24/h3-14H,1-2H3,(H,23,24)/b8-3+. The molecule has 0 spiro atoms. The van der Waals surface area contributed by atoms with Gasteiger partial charge in [-0.15, -0.1) is 0 Å². The third-order valence-electron chi connectivity index (χ3n) is 4.05. The molecule has 1 heterocycles. The van der Waals surface area contributed by atoms with Crippen molar-refractivity contribution in [2.24, 2.45) is 0 Å².